The van der Waals surface area contributed by atoms with Crippen molar-refractivity contribution in [2.45, 2.75) is 45.2 Å². The molecule has 1 aliphatic carbocycles. The summed E-state index contributed by atoms with van der Waals surface area (Å²) in [7, 11) is 0. The second-order valence-corrected chi connectivity index (χ2v) is 10.3. The van der Waals surface area contributed by atoms with E-state index < -0.39 is 0 Å². The molecule has 0 saturated heterocycles. The molecule has 6 nitrogen and oxygen atoms in total. The summed E-state index contributed by atoms with van der Waals surface area (Å²) in [6, 6.07) is 33.5. The van der Waals surface area contributed by atoms with Crippen molar-refractivity contribution in [3.8, 4) is 11.1 Å². The molecular weight excluding hydrogens is 498 g/mol. The fourth-order valence-corrected chi connectivity index (χ4v) is 5.07. The van der Waals surface area contributed by atoms with Gasteiger partial charge in [-0.3, -0.25) is 9.48 Å². The Morgan fingerprint density at radius 1 is 0.925 bits per heavy atom. The Labute approximate surface area is 233 Å². The first-order valence-electron chi connectivity index (χ1n) is 13.5. The molecule has 0 spiro atoms. The first kappa shape index (κ1) is 26.8. The minimum absolute atomic E-state index is 0.0513. The number of hydrogen-bond acceptors (Lipinski definition) is 4. The largest absolute Gasteiger partial charge is 0.373 e. The van der Waals surface area contributed by atoms with E-state index in [1.807, 2.05) is 35.9 Å². The van der Waals surface area contributed by atoms with Gasteiger partial charge in [-0.05, 0) is 78.6 Å². The Kier molecular flexibility index (Phi) is 7.99. The molecule has 1 fully saturated rings. The van der Waals surface area contributed by atoms with Gasteiger partial charge in [-0.1, -0.05) is 78.9 Å². The summed E-state index contributed by atoms with van der Waals surface area (Å²) in [6.07, 6.45) is 2.80. The van der Waals surface area contributed by atoms with E-state index in [0.29, 0.717) is 18.0 Å². The van der Waals surface area contributed by atoms with Crippen LogP contribution in [-0.2, 0) is 16.1 Å². The summed E-state index contributed by atoms with van der Waals surface area (Å²) in [4.78, 5) is 29.4. The molecule has 1 aliphatic rings. The molecule has 5 aromatic rings. The summed E-state index contributed by atoms with van der Waals surface area (Å²) in [6.45, 7) is 4.74. The minimum atomic E-state index is -0.0603. The number of fused-ring (bicyclic) bond motifs is 1. The second-order valence-electron chi connectivity index (χ2n) is 10.3. The molecule has 4 aromatic carbocycles. The lowest BCUT2D eigenvalue weighted by Gasteiger charge is -2.15. The number of rotatable bonds is 7. The number of carbonyl (C=O) groups is 1. The van der Waals surface area contributed by atoms with E-state index >= 15 is 0 Å². The zero-order valence-corrected chi connectivity index (χ0v) is 22.6. The van der Waals surface area contributed by atoms with E-state index in [4.69, 9.17) is 14.7 Å². The van der Waals surface area contributed by atoms with Gasteiger partial charge in [0.15, 0.2) is 0 Å². The molecule has 1 amide bonds. The number of nitrogens with one attached hydrogen (secondary N) is 1. The summed E-state index contributed by atoms with van der Waals surface area (Å²) in [5.41, 5.74) is 8.77. The van der Waals surface area contributed by atoms with Crippen LogP contribution in [0.3, 0.4) is 0 Å². The van der Waals surface area contributed by atoms with E-state index in [2.05, 4.69) is 85.0 Å². The third-order valence-electron chi connectivity index (χ3n) is 7.40. The van der Waals surface area contributed by atoms with Crippen LogP contribution in [0.5, 0.6) is 0 Å². The smallest absolute Gasteiger partial charge is 0.346 e. The van der Waals surface area contributed by atoms with Crippen molar-refractivity contribution in [1.82, 2.24) is 15.1 Å². The number of aromatic nitrogens is 2. The Morgan fingerprint density at radius 3 is 2.33 bits per heavy atom. The Morgan fingerprint density at radius 2 is 1.62 bits per heavy atom. The maximum absolute atomic E-state index is 13.1. The zero-order valence-electron chi connectivity index (χ0n) is 22.6. The molecule has 6 rings (SSSR count). The van der Waals surface area contributed by atoms with Gasteiger partial charge < -0.3 is 5.32 Å². The standard InChI is InChI=1S/C33H31N3O.CO2/c1-22(28-9-6-10-29(19-28)27-15-16-27)34-33(37)30-17-18-32-31(20-30)23(2)35-36(32)21-24-11-13-26(14-12-24)25-7-4-3-5-8-25;2-1-3/h3-14,17-20,22,27H,15-16,21H2,1-2H3,(H,34,37);/t22-;/m0./s1. The lowest BCUT2D eigenvalue weighted by molar-refractivity contribution is -0.191. The van der Waals surface area contributed by atoms with Gasteiger partial charge in [0.05, 0.1) is 23.8 Å². The van der Waals surface area contributed by atoms with Crippen molar-refractivity contribution >= 4 is 23.0 Å². The van der Waals surface area contributed by atoms with Crippen molar-refractivity contribution in [3.05, 3.63) is 125 Å². The lowest BCUT2D eigenvalue weighted by Crippen LogP contribution is -2.26. The SMILES string of the molecule is Cc1nn(Cc2ccc(-c3ccccc3)cc2)c2ccc(C(=O)N[C@@H](C)c3cccc(C4CC4)c3)cc12.O=C=O. The normalized spacial score (nSPS) is 13.2. The lowest BCUT2D eigenvalue weighted by atomic mass is 10.0. The highest BCUT2D eigenvalue weighted by molar-refractivity contribution is 5.98. The van der Waals surface area contributed by atoms with Gasteiger partial charge in [0, 0.05) is 10.9 Å². The molecule has 0 unspecified atom stereocenters. The van der Waals surface area contributed by atoms with E-state index in [1.165, 1.54) is 35.1 Å². The van der Waals surface area contributed by atoms with Gasteiger partial charge in [-0.2, -0.15) is 14.7 Å². The molecule has 1 heterocycles. The fraction of sp³-hybridized carbons (Fsp3) is 0.206. The van der Waals surface area contributed by atoms with Crippen LogP contribution in [-0.4, -0.2) is 21.8 Å². The average Bonchev–Trinajstić information content (AvgIpc) is 3.79. The van der Waals surface area contributed by atoms with Gasteiger partial charge in [0.2, 0.25) is 0 Å². The summed E-state index contributed by atoms with van der Waals surface area (Å²) in [5, 5.41) is 8.99. The van der Waals surface area contributed by atoms with Crippen molar-refractivity contribution in [1.29, 1.82) is 0 Å². The van der Waals surface area contributed by atoms with Crippen LogP contribution >= 0.6 is 0 Å². The molecule has 6 heteroatoms. The molecule has 1 N–H and O–H groups in total. The van der Waals surface area contributed by atoms with E-state index in [-0.39, 0.29) is 18.1 Å². The van der Waals surface area contributed by atoms with Crippen LogP contribution < -0.4 is 5.32 Å². The monoisotopic (exact) mass is 529 g/mol. The maximum Gasteiger partial charge on any atom is 0.373 e. The molecule has 40 heavy (non-hydrogen) atoms. The predicted molar refractivity (Wildman–Crippen MR) is 155 cm³/mol. The van der Waals surface area contributed by atoms with Gasteiger partial charge in [-0.15, -0.1) is 0 Å². The number of carbonyl (C=O) groups excluding carboxylic acids is 3. The molecule has 1 saturated carbocycles. The van der Waals surface area contributed by atoms with Gasteiger partial charge in [0.1, 0.15) is 0 Å². The van der Waals surface area contributed by atoms with Gasteiger partial charge in [-0.25, -0.2) is 0 Å². The topological polar surface area (TPSA) is 81.1 Å². The molecule has 200 valence electrons. The third-order valence-corrected chi connectivity index (χ3v) is 7.40. The third kappa shape index (κ3) is 6.09. The van der Waals surface area contributed by atoms with Crippen LogP contribution in [0.15, 0.2) is 97.1 Å². The Bertz CT molecular complexity index is 1660. The van der Waals surface area contributed by atoms with Crippen molar-refractivity contribution in [2.75, 3.05) is 0 Å². The van der Waals surface area contributed by atoms with E-state index in [0.717, 1.165) is 22.2 Å². The van der Waals surface area contributed by atoms with Crippen LogP contribution in [0.2, 0.25) is 0 Å². The molecule has 0 aliphatic heterocycles. The van der Waals surface area contributed by atoms with Crippen molar-refractivity contribution in [3.63, 3.8) is 0 Å². The van der Waals surface area contributed by atoms with Crippen LogP contribution in [0.1, 0.15) is 64.5 Å². The van der Waals surface area contributed by atoms with Crippen LogP contribution in [0, 0.1) is 6.92 Å². The number of hydrogen-bond donors (Lipinski definition) is 1. The molecule has 1 atom stereocenters. The van der Waals surface area contributed by atoms with Gasteiger partial charge in [0.25, 0.3) is 5.91 Å². The predicted octanol–water partition coefficient (Wildman–Crippen LogP) is 6.84. The number of aryl methyl sites for hydroxylation is 1. The summed E-state index contributed by atoms with van der Waals surface area (Å²) >= 11 is 0. The quantitative estimate of drug-likeness (QED) is 0.250. The highest BCUT2D eigenvalue weighted by Crippen LogP contribution is 2.40. The molecule has 1 aromatic heterocycles. The van der Waals surface area contributed by atoms with Crippen LogP contribution in [0.4, 0.5) is 0 Å². The first-order valence-corrected chi connectivity index (χ1v) is 13.5. The highest BCUT2D eigenvalue weighted by atomic mass is 16.2. The van der Waals surface area contributed by atoms with Crippen LogP contribution in [0.25, 0.3) is 22.0 Å². The number of benzene rings is 4. The average molecular weight is 530 g/mol. The first-order chi connectivity index (χ1) is 19.5. The fourth-order valence-electron chi connectivity index (χ4n) is 5.07. The highest BCUT2D eigenvalue weighted by Gasteiger charge is 2.24. The van der Waals surface area contributed by atoms with Gasteiger partial charge >= 0.3 is 6.15 Å². The maximum atomic E-state index is 13.1. The van der Waals surface area contributed by atoms with E-state index in [9.17, 15) is 4.79 Å². The Balaban J connectivity index is 0.00000103. The summed E-state index contributed by atoms with van der Waals surface area (Å²) < 4.78 is 2.02. The molecular formula is C34H31N3O3. The second kappa shape index (κ2) is 11.9. The number of nitrogens with zero attached hydrogens (tertiary/aromatic N) is 2. The molecule has 0 bridgehead atoms. The number of amides is 1. The van der Waals surface area contributed by atoms with Crippen molar-refractivity contribution in [2.24, 2.45) is 0 Å². The van der Waals surface area contributed by atoms with E-state index in [1.54, 1.807) is 0 Å². The summed E-state index contributed by atoms with van der Waals surface area (Å²) in [5.74, 6) is 0.640. The zero-order chi connectivity index (χ0) is 28.1. The molecule has 0 radical (unpaired) electrons. The minimum Gasteiger partial charge on any atom is -0.346 e. The van der Waals surface area contributed by atoms with Crippen molar-refractivity contribution < 1.29 is 14.4 Å². The Hall–Kier alpha value is -4.80.